The number of benzene rings is 1. The minimum Gasteiger partial charge on any atom is -0.379 e. The highest BCUT2D eigenvalue weighted by molar-refractivity contribution is 7.80. The molecule has 0 fully saturated rings. The van der Waals surface area contributed by atoms with Crippen molar-refractivity contribution in [3.8, 4) is 0 Å². The van der Waals surface area contributed by atoms with E-state index in [2.05, 4.69) is 4.52 Å². The van der Waals surface area contributed by atoms with Crippen molar-refractivity contribution in [1.29, 1.82) is 0 Å². The van der Waals surface area contributed by atoms with Crippen LogP contribution in [-0.2, 0) is 18.7 Å². The summed E-state index contributed by atoms with van der Waals surface area (Å²) in [5.41, 5.74) is 0.621. The number of rotatable bonds is 6. The molecule has 2 unspecified atom stereocenters. The summed E-state index contributed by atoms with van der Waals surface area (Å²) in [6, 6.07) is 7.92. The molecule has 1 rings (SSSR count). The zero-order valence-electron chi connectivity index (χ0n) is 10.5. The Morgan fingerprint density at radius 1 is 1.47 bits per heavy atom. The van der Waals surface area contributed by atoms with Gasteiger partial charge in [-0.05, 0) is 26.0 Å². The van der Waals surface area contributed by atoms with E-state index < -0.39 is 19.0 Å². The summed E-state index contributed by atoms with van der Waals surface area (Å²) in [5.74, 6) is -0.946. The van der Waals surface area contributed by atoms with Crippen LogP contribution >= 0.6 is 18.2 Å². The van der Waals surface area contributed by atoms with E-state index in [1.807, 2.05) is 6.07 Å². The lowest BCUT2D eigenvalue weighted by Crippen LogP contribution is -2.39. The molecule has 0 aromatic heterocycles. The molecule has 0 saturated heterocycles. The first-order chi connectivity index (χ1) is 8.85. The van der Waals surface area contributed by atoms with E-state index in [0.717, 1.165) is 0 Å². The third-order valence-corrected chi connectivity index (χ3v) is 2.79. The maximum atomic E-state index is 11.7. The Balaban J connectivity index is 2.88. The first-order valence-electron chi connectivity index (χ1n) is 5.58. The summed E-state index contributed by atoms with van der Waals surface area (Å²) in [6.45, 7) is -0.822. The summed E-state index contributed by atoms with van der Waals surface area (Å²) < 4.78 is 15.1. The van der Waals surface area contributed by atoms with Crippen LogP contribution in [0.3, 0.4) is 0 Å². The lowest BCUT2D eigenvalue weighted by molar-refractivity contribution is -0.137. The number of anilines is 1. The molecule has 1 aromatic rings. The molecule has 0 aliphatic heterocycles. The average molecular weight is 308 g/mol. The molecule has 6 nitrogen and oxygen atoms in total. The van der Waals surface area contributed by atoms with Crippen molar-refractivity contribution >= 4 is 29.8 Å². The van der Waals surface area contributed by atoms with Gasteiger partial charge in [-0.15, -0.1) is 0 Å². The van der Waals surface area contributed by atoms with Gasteiger partial charge in [-0.1, -0.05) is 18.2 Å². The van der Waals surface area contributed by atoms with Crippen molar-refractivity contribution in [3.05, 3.63) is 30.3 Å². The molecular formula is C11H15ClNO5P. The molecule has 0 amide bonds. The fourth-order valence-corrected chi connectivity index (χ4v) is 1.99. The molecule has 1 N–H and O–H groups in total. The Hall–Kier alpha value is -1.07. The number of hydrogen-bond acceptors (Lipinski definition) is 5. The highest BCUT2D eigenvalue weighted by Crippen LogP contribution is 2.47. The normalized spacial score (nSPS) is 15.4. The lowest BCUT2D eigenvalue weighted by Gasteiger charge is -2.28. The van der Waals surface area contributed by atoms with Crippen LogP contribution in [0.15, 0.2) is 30.3 Å². The molecule has 8 heteroatoms. The zero-order chi connectivity index (χ0) is 14.5. The van der Waals surface area contributed by atoms with Crippen LogP contribution in [0.25, 0.3) is 0 Å². The van der Waals surface area contributed by atoms with Crippen LogP contribution < -0.4 is 5.06 Å². The van der Waals surface area contributed by atoms with E-state index in [0.29, 0.717) is 12.3 Å². The molecule has 1 aromatic carbocycles. The van der Waals surface area contributed by atoms with Gasteiger partial charge in [-0.2, -0.15) is 0 Å². The Kier molecular flexibility index (Phi) is 5.82. The molecule has 2 atom stereocenters. The van der Waals surface area contributed by atoms with Gasteiger partial charge in [-0.3, -0.25) is 4.84 Å². The standard InChI is InChI=1S/C11H15ClNO5P/c1-3-17-13(10-7-5-4-6-8-10)9(2)11(14)18-19(12,15)16/h4-9H,3H2,1-2H3,(H,15,16). The third-order valence-electron chi connectivity index (χ3n) is 2.17. The van der Waals surface area contributed by atoms with Crippen molar-refractivity contribution in [3.63, 3.8) is 0 Å². The van der Waals surface area contributed by atoms with E-state index in [9.17, 15) is 9.36 Å². The zero-order valence-corrected chi connectivity index (χ0v) is 12.2. The monoisotopic (exact) mass is 307 g/mol. The summed E-state index contributed by atoms with van der Waals surface area (Å²) in [7, 11) is 0. The van der Waals surface area contributed by atoms with Gasteiger partial charge in [0.05, 0.1) is 12.3 Å². The van der Waals surface area contributed by atoms with E-state index in [-0.39, 0.29) is 0 Å². The second kappa shape index (κ2) is 6.91. The first-order valence-corrected chi connectivity index (χ1v) is 8.06. The lowest BCUT2D eigenvalue weighted by atomic mass is 10.2. The molecule has 0 spiro atoms. The highest BCUT2D eigenvalue weighted by atomic mass is 35.7. The number of hydrogen-bond donors (Lipinski definition) is 1. The van der Waals surface area contributed by atoms with Crippen molar-refractivity contribution in [2.24, 2.45) is 0 Å². The van der Waals surface area contributed by atoms with Gasteiger partial charge >= 0.3 is 12.9 Å². The molecule has 0 radical (unpaired) electrons. The molecule has 19 heavy (non-hydrogen) atoms. The van der Waals surface area contributed by atoms with Gasteiger partial charge in [-0.25, -0.2) is 14.4 Å². The van der Waals surface area contributed by atoms with Gasteiger partial charge in [0.15, 0.2) is 6.04 Å². The minimum absolute atomic E-state index is 0.324. The molecule has 106 valence electrons. The smallest absolute Gasteiger partial charge is 0.379 e. The number of nitrogens with zero attached hydrogens (tertiary/aromatic N) is 1. The second-order valence-electron chi connectivity index (χ2n) is 3.62. The largest absolute Gasteiger partial charge is 0.476 e. The Bertz CT molecular complexity index is 463. The average Bonchev–Trinajstić information content (AvgIpc) is 2.34. The van der Waals surface area contributed by atoms with E-state index >= 15 is 0 Å². The van der Waals surface area contributed by atoms with Crippen LogP contribution in [0.2, 0.25) is 0 Å². The van der Waals surface area contributed by atoms with Gasteiger partial charge < -0.3 is 9.42 Å². The summed E-state index contributed by atoms with van der Waals surface area (Å²) in [5, 5.41) is 1.30. The Morgan fingerprint density at radius 2 is 2.05 bits per heavy atom. The van der Waals surface area contributed by atoms with Crippen LogP contribution in [-0.4, -0.2) is 23.5 Å². The maximum absolute atomic E-state index is 11.7. The number of para-hydroxylation sites is 1. The summed E-state index contributed by atoms with van der Waals surface area (Å²) >= 11 is 5.01. The van der Waals surface area contributed by atoms with E-state index in [1.54, 1.807) is 31.2 Å². The van der Waals surface area contributed by atoms with Crippen molar-refractivity contribution < 1.29 is 23.6 Å². The van der Waals surface area contributed by atoms with Crippen molar-refractivity contribution in [2.45, 2.75) is 19.9 Å². The fourth-order valence-electron chi connectivity index (χ4n) is 1.41. The predicted molar refractivity (Wildman–Crippen MR) is 71.8 cm³/mol. The van der Waals surface area contributed by atoms with Gasteiger partial charge in [0, 0.05) is 11.2 Å². The Morgan fingerprint density at radius 3 is 2.53 bits per heavy atom. The van der Waals surface area contributed by atoms with Gasteiger partial charge in [0.2, 0.25) is 0 Å². The topological polar surface area (TPSA) is 76.1 Å². The maximum Gasteiger partial charge on any atom is 0.476 e. The molecule has 0 aliphatic rings. The SMILES string of the molecule is CCON(c1ccccc1)C(C)C(=O)OP(=O)(O)Cl. The minimum atomic E-state index is -4.39. The molecular weight excluding hydrogens is 293 g/mol. The van der Waals surface area contributed by atoms with Crippen LogP contribution in [0.4, 0.5) is 5.69 Å². The van der Waals surface area contributed by atoms with Gasteiger partial charge in [0.1, 0.15) is 0 Å². The summed E-state index contributed by atoms with van der Waals surface area (Å²) in [4.78, 5) is 25.9. The summed E-state index contributed by atoms with van der Waals surface area (Å²) in [6.07, 6.45) is 0. The van der Waals surface area contributed by atoms with Crippen LogP contribution in [0.1, 0.15) is 13.8 Å². The number of hydroxylamine groups is 1. The molecule has 0 heterocycles. The first kappa shape index (κ1) is 16.0. The molecule has 0 aliphatic carbocycles. The van der Waals surface area contributed by atoms with Crippen molar-refractivity contribution in [1.82, 2.24) is 0 Å². The highest BCUT2D eigenvalue weighted by Gasteiger charge is 2.29. The van der Waals surface area contributed by atoms with Crippen molar-refractivity contribution in [2.75, 3.05) is 11.7 Å². The fraction of sp³-hybridized carbons (Fsp3) is 0.364. The van der Waals surface area contributed by atoms with E-state index in [1.165, 1.54) is 12.0 Å². The van der Waals surface area contributed by atoms with Gasteiger partial charge in [0.25, 0.3) is 0 Å². The number of carbonyl (C=O) groups is 1. The number of halogens is 1. The third kappa shape index (κ3) is 5.20. The second-order valence-corrected chi connectivity index (χ2v) is 5.98. The quantitative estimate of drug-likeness (QED) is 0.643. The molecule has 0 saturated carbocycles. The molecule has 0 bridgehead atoms. The Labute approximate surface area is 116 Å². The van der Waals surface area contributed by atoms with Crippen LogP contribution in [0, 0.1) is 0 Å². The predicted octanol–water partition coefficient (Wildman–Crippen LogP) is 2.72. The van der Waals surface area contributed by atoms with Crippen LogP contribution in [0.5, 0.6) is 0 Å². The van der Waals surface area contributed by atoms with E-state index in [4.69, 9.17) is 21.0 Å². The number of carbonyl (C=O) groups excluding carboxylic acids is 1.